The molecule has 1 N–H and O–H groups in total. The lowest BCUT2D eigenvalue weighted by molar-refractivity contribution is 0.0695. The normalized spacial score (nSPS) is 17.8. The summed E-state index contributed by atoms with van der Waals surface area (Å²) in [5, 5.41) is 8.97. The zero-order valence-corrected chi connectivity index (χ0v) is 10.7. The number of carboxylic acids is 1. The molecule has 4 heteroatoms. The van der Waals surface area contributed by atoms with Crippen molar-refractivity contribution in [1.29, 1.82) is 0 Å². The second-order valence-corrected chi connectivity index (χ2v) is 5.25. The van der Waals surface area contributed by atoms with Crippen LogP contribution in [-0.4, -0.2) is 15.6 Å². The minimum absolute atomic E-state index is 0.111. The van der Waals surface area contributed by atoms with E-state index in [9.17, 15) is 9.59 Å². The van der Waals surface area contributed by atoms with Crippen molar-refractivity contribution in [3.8, 4) is 0 Å². The van der Waals surface area contributed by atoms with E-state index < -0.39 is 5.97 Å². The van der Waals surface area contributed by atoms with Crippen molar-refractivity contribution in [3.05, 3.63) is 34.2 Å². The van der Waals surface area contributed by atoms with Crippen LogP contribution >= 0.6 is 0 Å². The average molecular weight is 249 g/mol. The molecule has 1 aromatic rings. The van der Waals surface area contributed by atoms with Gasteiger partial charge in [0.05, 0.1) is 5.56 Å². The van der Waals surface area contributed by atoms with Crippen molar-refractivity contribution in [2.75, 3.05) is 0 Å². The first-order valence-electron chi connectivity index (χ1n) is 6.50. The monoisotopic (exact) mass is 249 g/mol. The molecule has 0 amide bonds. The van der Waals surface area contributed by atoms with Crippen molar-refractivity contribution >= 4 is 5.97 Å². The Morgan fingerprint density at radius 1 is 1.39 bits per heavy atom. The van der Waals surface area contributed by atoms with Gasteiger partial charge in [0.2, 0.25) is 0 Å². The molecule has 0 aliphatic heterocycles. The Morgan fingerprint density at radius 2 is 2.06 bits per heavy atom. The predicted octanol–water partition coefficient (Wildman–Crippen LogP) is 2.52. The van der Waals surface area contributed by atoms with Gasteiger partial charge >= 0.3 is 5.97 Å². The fourth-order valence-corrected chi connectivity index (χ4v) is 2.89. The SMILES string of the molecule is CCC1(Cn2cc(C(=O)O)ccc2=O)CCCC1. The maximum absolute atomic E-state index is 11.8. The van der Waals surface area contributed by atoms with Crippen molar-refractivity contribution < 1.29 is 9.90 Å². The summed E-state index contributed by atoms with van der Waals surface area (Å²) in [6, 6.07) is 2.72. The maximum atomic E-state index is 11.8. The number of hydrogen-bond donors (Lipinski definition) is 1. The summed E-state index contributed by atoms with van der Waals surface area (Å²) in [6.07, 6.45) is 7.19. The van der Waals surface area contributed by atoms with Crippen LogP contribution in [0.1, 0.15) is 49.4 Å². The minimum atomic E-state index is -0.985. The van der Waals surface area contributed by atoms with E-state index in [0.717, 1.165) is 19.3 Å². The third-order valence-electron chi connectivity index (χ3n) is 4.15. The summed E-state index contributed by atoms with van der Waals surface area (Å²) in [6.45, 7) is 2.79. The van der Waals surface area contributed by atoms with Crippen LogP contribution in [0.5, 0.6) is 0 Å². The average Bonchev–Trinajstić information content (AvgIpc) is 2.81. The third-order valence-corrected chi connectivity index (χ3v) is 4.15. The van der Waals surface area contributed by atoms with Crippen LogP contribution in [-0.2, 0) is 6.54 Å². The van der Waals surface area contributed by atoms with Crippen LogP contribution in [0.15, 0.2) is 23.1 Å². The Balaban J connectivity index is 2.30. The molecular formula is C14H19NO3. The van der Waals surface area contributed by atoms with Gasteiger partial charge in [-0.25, -0.2) is 4.79 Å². The Hall–Kier alpha value is -1.58. The van der Waals surface area contributed by atoms with Gasteiger partial charge in [-0.3, -0.25) is 4.79 Å². The first kappa shape index (κ1) is 12.9. The maximum Gasteiger partial charge on any atom is 0.337 e. The number of aromatic nitrogens is 1. The van der Waals surface area contributed by atoms with Gasteiger partial charge in [-0.15, -0.1) is 0 Å². The van der Waals surface area contributed by atoms with Crippen molar-refractivity contribution in [2.45, 2.75) is 45.6 Å². The number of hydrogen-bond acceptors (Lipinski definition) is 2. The van der Waals surface area contributed by atoms with Gasteiger partial charge < -0.3 is 9.67 Å². The standard InChI is InChI=1S/C14H19NO3/c1-2-14(7-3-4-8-14)10-15-9-11(13(17)18)5-6-12(15)16/h5-6,9H,2-4,7-8,10H2,1H3,(H,17,18). The van der Waals surface area contributed by atoms with Gasteiger partial charge in [0.15, 0.2) is 0 Å². The quantitative estimate of drug-likeness (QED) is 0.892. The van der Waals surface area contributed by atoms with Crippen molar-refractivity contribution in [3.63, 3.8) is 0 Å². The zero-order valence-electron chi connectivity index (χ0n) is 10.7. The van der Waals surface area contributed by atoms with E-state index in [2.05, 4.69) is 6.92 Å². The summed E-state index contributed by atoms with van der Waals surface area (Å²) < 4.78 is 1.57. The Bertz CT molecular complexity index is 498. The predicted molar refractivity (Wildman–Crippen MR) is 68.9 cm³/mol. The van der Waals surface area contributed by atoms with Crippen LogP contribution in [0.25, 0.3) is 0 Å². The van der Waals surface area contributed by atoms with E-state index in [-0.39, 0.29) is 16.5 Å². The minimum Gasteiger partial charge on any atom is -0.478 e. The number of pyridine rings is 1. The summed E-state index contributed by atoms with van der Waals surface area (Å²) in [5.74, 6) is -0.985. The van der Waals surface area contributed by atoms with E-state index >= 15 is 0 Å². The molecule has 98 valence electrons. The number of aromatic carboxylic acids is 1. The van der Waals surface area contributed by atoms with Gasteiger partial charge in [-0.05, 0) is 30.7 Å². The molecule has 1 fully saturated rings. The highest BCUT2D eigenvalue weighted by Gasteiger charge is 2.32. The lowest BCUT2D eigenvalue weighted by Gasteiger charge is -2.28. The van der Waals surface area contributed by atoms with Crippen LogP contribution in [0.3, 0.4) is 0 Å². The van der Waals surface area contributed by atoms with Crippen LogP contribution in [0, 0.1) is 5.41 Å². The van der Waals surface area contributed by atoms with Crippen LogP contribution < -0.4 is 5.56 Å². The molecule has 1 saturated carbocycles. The summed E-state index contributed by atoms with van der Waals surface area (Å²) in [5.41, 5.74) is 0.250. The number of carbonyl (C=O) groups is 1. The molecule has 0 saturated heterocycles. The first-order chi connectivity index (χ1) is 8.56. The van der Waals surface area contributed by atoms with E-state index in [0.29, 0.717) is 6.54 Å². The highest BCUT2D eigenvalue weighted by Crippen LogP contribution is 2.42. The number of carboxylic acid groups (broad SMARTS) is 1. The van der Waals surface area contributed by atoms with E-state index in [1.165, 1.54) is 31.2 Å². The van der Waals surface area contributed by atoms with Crippen LogP contribution in [0.2, 0.25) is 0 Å². The van der Waals surface area contributed by atoms with Gasteiger partial charge in [-0.1, -0.05) is 19.8 Å². The Labute approximate surface area is 106 Å². The Morgan fingerprint density at radius 3 is 2.61 bits per heavy atom. The number of rotatable bonds is 4. The second-order valence-electron chi connectivity index (χ2n) is 5.25. The second kappa shape index (κ2) is 4.96. The largest absolute Gasteiger partial charge is 0.478 e. The highest BCUT2D eigenvalue weighted by atomic mass is 16.4. The molecule has 18 heavy (non-hydrogen) atoms. The third kappa shape index (κ3) is 2.47. The lowest BCUT2D eigenvalue weighted by atomic mass is 9.83. The summed E-state index contributed by atoms with van der Waals surface area (Å²) in [7, 11) is 0. The van der Waals surface area contributed by atoms with E-state index in [4.69, 9.17) is 5.11 Å². The molecule has 0 radical (unpaired) electrons. The summed E-state index contributed by atoms with van der Waals surface area (Å²) >= 11 is 0. The van der Waals surface area contributed by atoms with Crippen LogP contribution in [0.4, 0.5) is 0 Å². The molecular weight excluding hydrogens is 230 g/mol. The molecule has 0 spiro atoms. The molecule has 4 nitrogen and oxygen atoms in total. The molecule has 1 aliphatic rings. The molecule has 0 unspecified atom stereocenters. The first-order valence-corrected chi connectivity index (χ1v) is 6.50. The molecule has 1 aromatic heterocycles. The van der Waals surface area contributed by atoms with E-state index in [1.54, 1.807) is 4.57 Å². The molecule has 0 aromatic carbocycles. The smallest absolute Gasteiger partial charge is 0.337 e. The van der Waals surface area contributed by atoms with Crippen molar-refractivity contribution in [1.82, 2.24) is 4.57 Å². The molecule has 0 bridgehead atoms. The van der Waals surface area contributed by atoms with E-state index in [1.807, 2.05) is 0 Å². The van der Waals surface area contributed by atoms with Crippen molar-refractivity contribution in [2.24, 2.45) is 5.41 Å². The zero-order chi connectivity index (χ0) is 13.2. The molecule has 2 rings (SSSR count). The highest BCUT2D eigenvalue weighted by molar-refractivity contribution is 5.87. The van der Waals surface area contributed by atoms with Gasteiger partial charge in [0.25, 0.3) is 5.56 Å². The molecule has 1 aliphatic carbocycles. The number of nitrogens with zero attached hydrogens (tertiary/aromatic N) is 1. The Kier molecular flexibility index (Phi) is 3.55. The topological polar surface area (TPSA) is 59.3 Å². The van der Waals surface area contributed by atoms with Gasteiger partial charge in [0, 0.05) is 18.8 Å². The fourth-order valence-electron chi connectivity index (χ4n) is 2.89. The fraction of sp³-hybridized carbons (Fsp3) is 0.571. The van der Waals surface area contributed by atoms with Gasteiger partial charge in [-0.2, -0.15) is 0 Å². The lowest BCUT2D eigenvalue weighted by Crippen LogP contribution is -2.30. The van der Waals surface area contributed by atoms with Gasteiger partial charge in [0.1, 0.15) is 0 Å². The molecule has 1 heterocycles. The molecule has 0 atom stereocenters. The summed E-state index contributed by atoms with van der Waals surface area (Å²) in [4.78, 5) is 22.7.